The van der Waals surface area contributed by atoms with E-state index in [2.05, 4.69) is 32.4 Å². The topological polar surface area (TPSA) is 77.7 Å². The van der Waals surface area contributed by atoms with Crippen molar-refractivity contribution in [3.05, 3.63) is 71.1 Å². The number of hydrogen-bond donors (Lipinski definition) is 2. The van der Waals surface area contributed by atoms with E-state index in [4.69, 9.17) is 11.6 Å². The van der Waals surface area contributed by atoms with Crippen LogP contribution < -0.4 is 0 Å². The average Bonchev–Trinajstić information content (AvgIpc) is 3.41. The van der Waals surface area contributed by atoms with Gasteiger partial charge in [-0.15, -0.1) is 0 Å². The second-order valence-electron chi connectivity index (χ2n) is 7.38. The Morgan fingerprint density at radius 2 is 2.03 bits per heavy atom. The fraction of sp³-hybridized carbons (Fsp3) is 0.227. The average molecular weight is 406 g/mol. The lowest BCUT2D eigenvalue weighted by Gasteiger charge is -2.32. The predicted octanol–water partition coefficient (Wildman–Crippen LogP) is 4.63. The monoisotopic (exact) mass is 405 g/mol. The largest absolute Gasteiger partial charge is 0.346 e. The van der Waals surface area contributed by atoms with Crippen LogP contribution in [0.2, 0.25) is 5.02 Å². The normalized spacial score (nSPS) is 15.1. The number of benzene rings is 1. The molecule has 1 saturated heterocycles. The zero-order valence-corrected chi connectivity index (χ0v) is 16.5. The van der Waals surface area contributed by atoms with Crippen molar-refractivity contribution in [1.29, 1.82) is 0 Å². The molecule has 0 atom stereocenters. The highest BCUT2D eigenvalue weighted by atomic mass is 35.5. The Hall–Kier alpha value is -3.12. The van der Waals surface area contributed by atoms with Crippen molar-refractivity contribution in [2.75, 3.05) is 13.1 Å². The van der Waals surface area contributed by atoms with E-state index in [1.54, 1.807) is 12.4 Å². The predicted molar refractivity (Wildman–Crippen MR) is 113 cm³/mol. The Labute approximate surface area is 172 Å². The highest BCUT2D eigenvalue weighted by Gasteiger charge is 2.28. The standard InChI is InChI=1S/C22H20ClN5O/c23-16-4-1-3-15(11-16)20-19(13-26-27-20)22(29)28-9-6-14(7-10-28)18-12-25-21-17(18)5-2-8-24-21/h1-5,8,11-14H,6-7,9-10H2,(H,24,25)(H,26,27). The lowest BCUT2D eigenvalue weighted by molar-refractivity contribution is 0.0714. The number of pyridine rings is 1. The number of halogens is 1. The van der Waals surface area contributed by atoms with E-state index in [-0.39, 0.29) is 5.91 Å². The summed E-state index contributed by atoms with van der Waals surface area (Å²) in [5.41, 5.74) is 4.37. The van der Waals surface area contributed by atoms with E-state index in [1.807, 2.05) is 35.2 Å². The number of piperidine rings is 1. The Morgan fingerprint density at radius 3 is 2.86 bits per heavy atom. The summed E-state index contributed by atoms with van der Waals surface area (Å²) in [7, 11) is 0. The molecule has 5 rings (SSSR count). The van der Waals surface area contributed by atoms with Gasteiger partial charge in [0.25, 0.3) is 5.91 Å². The number of amides is 1. The number of H-pyrrole nitrogens is 2. The highest BCUT2D eigenvalue weighted by molar-refractivity contribution is 6.30. The molecular weight excluding hydrogens is 386 g/mol. The third-order valence-electron chi connectivity index (χ3n) is 5.69. The van der Waals surface area contributed by atoms with Gasteiger partial charge in [0.05, 0.1) is 17.5 Å². The summed E-state index contributed by atoms with van der Waals surface area (Å²) < 4.78 is 0. The first-order chi connectivity index (χ1) is 14.2. The maximum absolute atomic E-state index is 13.2. The lowest BCUT2D eigenvalue weighted by atomic mass is 9.89. The van der Waals surface area contributed by atoms with Crippen molar-refractivity contribution in [1.82, 2.24) is 25.1 Å². The van der Waals surface area contributed by atoms with Crippen LogP contribution in [0.4, 0.5) is 0 Å². The first-order valence-electron chi connectivity index (χ1n) is 9.71. The van der Waals surface area contributed by atoms with Crippen LogP contribution in [0.1, 0.15) is 34.7 Å². The van der Waals surface area contributed by atoms with Crippen molar-refractivity contribution in [2.45, 2.75) is 18.8 Å². The van der Waals surface area contributed by atoms with Gasteiger partial charge in [-0.05, 0) is 48.6 Å². The summed E-state index contributed by atoms with van der Waals surface area (Å²) in [6.07, 6.45) is 7.32. The van der Waals surface area contributed by atoms with E-state index in [0.29, 0.717) is 22.2 Å². The van der Waals surface area contributed by atoms with Gasteiger partial charge in [-0.1, -0.05) is 23.7 Å². The minimum absolute atomic E-state index is 0.00719. The first-order valence-corrected chi connectivity index (χ1v) is 10.1. The summed E-state index contributed by atoms with van der Waals surface area (Å²) in [6, 6.07) is 11.5. The third kappa shape index (κ3) is 3.29. The Balaban J connectivity index is 1.33. The van der Waals surface area contributed by atoms with Crippen molar-refractivity contribution < 1.29 is 4.79 Å². The van der Waals surface area contributed by atoms with Crippen molar-refractivity contribution in [3.8, 4) is 11.3 Å². The van der Waals surface area contributed by atoms with Gasteiger partial charge in [-0.25, -0.2) is 4.98 Å². The fourth-order valence-corrected chi connectivity index (χ4v) is 4.38. The molecule has 1 fully saturated rings. The van der Waals surface area contributed by atoms with Crippen LogP contribution in [0, 0.1) is 0 Å². The van der Waals surface area contributed by atoms with Gasteiger partial charge in [-0.3, -0.25) is 9.89 Å². The number of likely N-dealkylation sites (tertiary alicyclic amines) is 1. The first kappa shape index (κ1) is 17.9. The molecule has 0 saturated carbocycles. The van der Waals surface area contributed by atoms with Crippen LogP contribution in [-0.2, 0) is 0 Å². The molecule has 0 bridgehead atoms. The van der Waals surface area contributed by atoms with Gasteiger partial charge < -0.3 is 9.88 Å². The molecule has 2 N–H and O–H groups in total. The molecular formula is C22H20ClN5O. The molecule has 7 heteroatoms. The number of hydrogen-bond acceptors (Lipinski definition) is 3. The molecule has 1 aliphatic heterocycles. The van der Waals surface area contributed by atoms with Crippen molar-refractivity contribution in [3.63, 3.8) is 0 Å². The third-order valence-corrected chi connectivity index (χ3v) is 5.92. The molecule has 0 radical (unpaired) electrons. The molecule has 3 aromatic heterocycles. The Morgan fingerprint density at radius 1 is 1.17 bits per heavy atom. The number of carbonyl (C=O) groups excluding carboxylic acids is 1. The molecule has 0 unspecified atom stereocenters. The summed E-state index contributed by atoms with van der Waals surface area (Å²) in [6.45, 7) is 1.44. The minimum atomic E-state index is 0.00719. The van der Waals surface area contributed by atoms with Gasteiger partial charge in [0.2, 0.25) is 0 Å². The van der Waals surface area contributed by atoms with Gasteiger partial charge in [0.15, 0.2) is 0 Å². The molecule has 146 valence electrons. The van der Waals surface area contributed by atoms with E-state index in [0.717, 1.165) is 37.1 Å². The molecule has 6 nitrogen and oxygen atoms in total. The maximum atomic E-state index is 13.2. The van der Waals surface area contributed by atoms with E-state index in [1.165, 1.54) is 10.9 Å². The van der Waals surface area contributed by atoms with Crippen LogP contribution in [0.15, 0.2) is 55.0 Å². The van der Waals surface area contributed by atoms with Crippen LogP contribution in [0.25, 0.3) is 22.3 Å². The number of aromatic nitrogens is 4. The van der Waals surface area contributed by atoms with Crippen molar-refractivity contribution in [2.24, 2.45) is 0 Å². The van der Waals surface area contributed by atoms with Gasteiger partial charge in [0, 0.05) is 41.5 Å². The fourth-order valence-electron chi connectivity index (χ4n) is 4.19. The molecule has 29 heavy (non-hydrogen) atoms. The zero-order valence-electron chi connectivity index (χ0n) is 15.7. The Kier molecular flexibility index (Phi) is 4.56. The van der Waals surface area contributed by atoms with E-state index < -0.39 is 0 Å². The number of rotatable bonds is 3. The zero-order chi connectivity index (χ0) is 19.8. The van der Waals surface area contributed by atoms with Gasteiger partial charge in [-0.2, -0.15) is 5.10 Å². The summed E-state index contributed by atoms with van der Waals surface area (Å²) in [5, 5.41) is 8.87. The number of fused-ring (bicyclic) bond motifs is 1. The van der Waals surface area contributed by atoms with Crippen LogP contribution in [-0.4, -0.2) is 44.1 Å². The molecule has 1 aliphatic rings. The SMILES string of the molecule is O=C(c1cn[nH]c1-c1cccc(Cl)c1)N1CCC(c2c[nH]c3ncccc23)CC1. The maximum Gasteiger partial charge on any atom is 0.257 e. The van der Waals surface area contributed by atoms with Crippen molar-refractivity contribution >= 4 is 28.5 Å². The summed E-state index contributed by atoms with van der Waals surface area (Å²) in [5.74, 6) is 0.432. The smallest absolute Gasteiger partial charge is 0.257 e. The molecule has 0 spiro atoms. The second kappa shape index (κ2) is 7.37. The van der Waals surface area contributed by atoms with Crippen LogP contribution in [0.3, 0.4) is 0 Å². The number of carbonyl (C=O) groups is 1. The Bertz CT molecular complexity index is 1170. The molecule has 1 aromatic carbocycles. The molecule has 4 heterocycles. The quantitative estimate of drug-likeness (QED) is 0.521. The van der Waals surface area contributed by atoms with E-state index >= 15 is 0 Å². The van der Waals surface area contributed by atoms with Crippen LogP contribution in [0.5, 0.6) is 0 Å². The molecule has 4 aromatic rings. The lowest BCUT2D eigenvalue weighted by Crippen LogP contribution is -2.38. The second-order valence-corrected chi connectivity index (χ2v) is 7.82. The number of nitrogens with one attached hydrogen (secondary N) is 2. The molecule has 1 amide bonds. The summed E-state index contributed by atoms with van der Waals surface area (Å²) in [4.78, 5) is 22.7. The van der Waals surface area contributed by atoms with Gasteiger partial charge in [0.1, 0.15) is 5.65 Å². The highest BCUT2D eigenvalue weighted by Crippen LogP contribution is 2.33. The van der Waals surface area contributed by atoms with E-state index in [9.17, 15) is 4.79 Å². The number of aromatic amines is 2. The van der Waals surface area contributed by atoms with Crippen LogP contribution >= 0.6 is 11.6 Å². The van der Waals surface area contributed by atoms with Gasteiger partial charge >= 0.3 is 0 Å². The minimum Gasteiger partial charge on any atom is -0.346 e. The summed E-state index contributed by atoms with van der Waals surface area (Å²) >= 11 is 6.11. The number of nitrogens with zero attached hydrogens (tertiary/aromatic N) is 3. The molecule has 0 aliphatic carbocycles.